The lowest BCUT2D eigenvalue weighted by molar-refractivity contribution is 1.19. The first-order chi connectivity index (χ1) is 19.2. The molecule has 0 saturated heterocycles. The van der Waals surface area contributed by atoms with Gasteiger partial charge in [-0.2, -0.15) is 0 Å². The third-order valence-corrected chi connectivity index (χ3v) is 9.04. The zero-order valence-corrected chi connectivity index (χ0v) is 22.5. The summed E-state index contributed by atoms with van der Waals surface area (Å²) in [6, 6.07) is 48.0. The minimum atomic E-state index is 0.768. The van der Waals surface area contributed by atoms with Gasteiger partial charge in [0.25, 0.3) is 0 Å². The normalized spacial score (nSPS) is 11.7. The van der Waals surface area contributed by atoms with Crippen LogP contribution in [-0.4, -0.2) is 4.57 Å². The lowest BCUT2D eigenvalue weighted by Gasteiger charge is -2.11. The van der Waals surface area contributed by atoms with E-state index in [2.05, 4.69) is 132 Å². The Kier molecular flexibility index (Phi) is 5.12. The zero-order valence-electron chi connectivity index (χ0n) is 20.9. The summed E-state index contributed by atoms with van der Waals surface area (Å²) < 4.78 is 4.95. The quantitative estimate of drug-likeness (QED) is 0.212. The minimum Gasteiger partial charge on any atom is -0.309 e. The van der Waals surface area contributed by atoms with Crippen molar-refractivity contribution in [2.75, 3.05) is 0 Å². The van der Waals surface area contributed by atoms with E-state index in [9.17, 15) is 0 Å². The second kappa shape index (κ2) is 8.84. The molecule has 0 radical (unpaired) electrons. The number of nitrogens with zero attached hydrogens (tertiary/aromatic N) is 1. The van der Waals surface area contributed by atoms with Gasteiger partial charge in [0.05, 0.1) is 11.0 Å². The van der Waals surface area contributed by atoms with E-state index in [-0.39, 0.29) is 0 Å². The molecule has 0 bridgehead atoms. The van der Waals surface area contributed by atoms with E-state index < -0.39 is 0 Å². The average molecular weight is 536 g/mol. The molecule has 0 N–H and O–H groups in total. The molecule has 0 aliphatic heterocycles. The Morgan fingerprint density at radius 1 is 0.436 bits per heavy atom. The summed E-state index contributed by atoms with van der Waals surface area (Å²) in [6.07, 6.45) is 0. The van der Waals surface area contributed by atoms with Crippen LogP contribution < -0.4 is 0 Å². The van der Waals surface area contributed by atoms with Crippen LogP contribution in [0.1, 0.15) is 0 Å². The van der Waals surface area contributed by atoms with Crippen molar-refractivity contribution in [1.29, 1.82) is 0 Å². The van der Waals surface area contributed by atoms with Gasteiger partial charge in [-0.25, -0.2) is 0 Å². The van der Waals surface area contributed by atoms with Crippen molar-refractivity contribution in [1.82, 2.24) is 4.57 Å². The lowest BCUT2D eigenvalue weighted by Crippen LogP contribution is -1.94. The van der Waals surface area contributed by atoms with Crippen molar-refractivity contribution in [2.45, 2.75) is 0 Å². The van der Waals surface area contributed by atoms with Crippen molar-refractivity contribution >= 4 is 64.9 Å². The largest absolute Gasteiger partial charge is 0.309 e. The Labute approximate surface area is 235 Å². The van der Waals surface area contributed by atoms with E-state index in [1.54, 1.807) is 0 Å². The van der Waals surface area contributed by atoms with Crippen molar-refractivity contribution in [2.24, 2.45) is 0 Å². The number of fused-ring (bicyclic) bond motifs is 6. The first-order valence-corrected chi connectivity index (χ1v) is 14.2. The summed E-state index contributed by atoms with van der Waals surface area (Å²) in [4.78, 5) is 0. The Hall–Kier alpha value is -4.37. The molecule has 8 rings (SSSR count). The second-order valence-corrected chi connectivity index (χ2v) is 11.5. The van der Waals surface area contributed by atoms with Crippen LogP contribution in [0, 0.1) is 0 Å². The third-order valence-electron chi connectivity index (χ3n) is 7.65. The van der Waals surface area contributed by atoms with Crippen LogP contribution in [0.5, 0.6) is 0 Å². The molecule has 3 heteroatoms. The standard InChI is InChI=1S/C36H22ClNS/c37-27-13-17-35-31(21-27)32-22-28(14-18-36(32)39-35)38-33-19-25(23-7-3-1-4-8-23)11-15-29(33)30-16-12-26(20-34(30)38)24-9-5-2-6-10-24/h1-22H. The molecule has 0 atom stereocenters. The van der Waals surface area contributed by atoms with E-state index in [0.29, 0.717) is 0 Å². The fourth-order valence-corrected chi connectivity index (χ4v) is 7.03. The van der Waals surface area contributed by atoms with Gasteiger partial charge in [-0.05, 0) is 70.8 Å². The van der Waals surface area contributed by atoms with Gasteiger partial charge in [-0.1, -0.05) is 96.5 Å². The predicted molar refractivity (Wildman–Crippen MR) is 170 cm³/mol. The van der Waals surface area contributed by atoms with Gasteiger partial charge < -0.3 is 4.57 Å². The topological polar surface area (TPSA) is 4.93 Å². The van der Waals surface area contributed by atoms with E-state index in [1.807, 2.05) is 17.4 Å². The number of rotatable bonds is 3. The molecular formula is C36H22ClNS. The molecule has 0 fully saturated rings. The molecule has 1 nitrogen and oxygen atoms in total. The van der Waals surface area contributed by atoms with E-state index in [0.717, 1.165) is 10.7 Å². The number of aromatic nitrogens is 1. The molecule has 2 heterocycles. The van der Waals surface area contributed by atoms with Crippen LogP contribution in [0.3, 0.4) is 0 Å². The summed E-state index contributed by atoms with van der Waals surface area (Å²) >= 11 is 8.24. The zero-order chi connectivity index (χ0) is 25.9. The predicted octanol–water partition coefficient (Wildman–Crippen LogP) is 11.1. The first kappa shape index (κ1) is 22.6. The lowest BCUT2D eigenvalue weighted by atomic mass is 10.0. The number of benzene rings is 6. The molecule has 0 saturated carbocycles. The summed E-state index contributed by atoms with van der Waals surface area (Å²) in [5.74, 6) is 0. The van der Waals surface area contributed by atoms with Crippen molar-refractivity contribution < 1.29 is 0 Å². The Balaban J connectivity index is 1.45. The SMILES string of the molecule is Clc1ccc2sc3ccc(-n4c5cc(-c6ccccc6)ccc5c5ccc(-c6ccccc6)cc54)cc3c2c1. The van der Waals surface area contributed by atoms with Crippen LogP contribution in [0.25, 0.3) is 69.9 Å². The van der Waals surface area contributed by atoms with E-state index in [1.165, 1.54) is 64.2 Å². The van der Waals surface area contributed by atoms with Crippen LogP contribution in [-0.2, 0) is 0 Å². The van der Waals surface area contributed by atoms with Crippen molar-refractivity contribution in [3.8, 4) is 27.9 Å². The highest BCUT2D eigenvalue weighted by Gasteiger charge is 2.16. The number of halogens is 1. The van der Waals surface area contributed by atoms with Crippen LogP contribution >= 0.6 is 22.9 Å². The van der Waals surface area contributed by atoms with E-state index in [4.69, 9.17) is 11.6 Å². The van der Waals surface area contributed by atoms with Gasteiger partial charge >= 0.3 is 0 Å². The molecular weight excluding hydrogens is 514 g/mol. The fourth-order valence-electron chi connectivity index (χ4n) is 5.79. The molecule has 184 valence electrons. The molecule has 2 aromatic heterocycles. The molecule has 0 aliphatic rings. The maximum atomic E-state index is 6.42. The van der Waals surface area contributed by atoms with E-state index >= 15 is 0 Å². The Morgan fingerprint density at radius 3 is 1.56 bits per heavy atom. The number of hydrogen-bond donors (Lipinski definition) is 0. The van der Waals surface area contributed by atoms with Gasteiger partial charge in [-0.15, -0.1) is 11.3 Å². The molecule has 0 amide bonds. The molecule has 0 unspecified atom stereocenters. The number of thiophene rings is 1. The van der Waals surface area contributed by atoms with Crippen molar-refractivity contribution in [3.63, 3.8) is 0 Å². The molecule has 6 aromatic carbocycles. The molecule has 8 aromatic rings. The smallest absolute Gasteiger partial charge is 0.0547 e. The highest BCUT2D eigenvalue weighted by Crippen LogP contribution is 2.40. The van der Waals surface area contributed by atoms with Crippen LogP contribution in [0.15, 0.2) is 133 Å². The highest BCUT2D eigenvalue weighted by molar-refractivity contribution is 7.25. The molecule has 0 spiro atoms. The summed E-state index contributed by atoms with van der Waals surface area (Å²) in [5, 5.41) is 5.72. The Bertz CT molecular complexity index is 2070. The average Bonchev–Trinajstić information content (AvgIpc) is 3.52. The second-order valence-electron chi connectivity index (χ2n) is 9.95. The monoisotopic (exact) mass is 535 g/mol. The van der Waals surface area contributed by atoms with Gasteiger partial charge in [0.1, 0.15) is 0 Å². The molecule has 0 aliphatic carbocycles. The summed E-state index contributed by atoms with van der Waals surface area (Å²) in [6.45, 7) is 0. The van der Waals surface area contributed by atoms with Gasteiger partial charge in [0.15, 0.2) is 0 Å². The van der Waals surface area contributed by atoms with Gasteiger partial charge in [0.2, 0.25) is 0 Å². The van der Waals surface area contributed by atoms with Crippen LogP contribution in [0.4, 0.5) is 0 Å². The highest BCUT2D eigenvalue weighted by atomic mass is 35.5. The maximum Gasteiger partial charge on any atom is 0.0547 e. The summed E-state index contributed by atoms with van der Waals surface area (Å²) in [5.41, 5.74) is 8.42. The molecule has 39 heavy (non-hydrogen) atoms. The maximum absolute atomic E-state index is 6.42. The van der Waals surface area contributed by atoms with Crippen LogP contribution in [0.2, 0.25) is 5.02 Å². The van der Waals surface area contributed by atoms with Crippen molar-refractivity contribution in [3.05, 3.63) is 138 Å². The Morgan fingerprint density at radius 2 is 0.974 bits per heavy atom. The first-order valence-electron chi connectivity index (χ1n) is 13.0. The summed E-state index contributed by atoms with van der Waals surface area (Å²) in [7, 11) is 0. The third kappa shape index (κ3) is 3.68. The minimum absolute atomic E-state index is 0.768. The fraction of sp³-hybridized carbons (Fsp3) is 0. The number of hydrogen-bond acceptors (Lipinski definition) is 1. The van der Waals surface area contributed by atoms with Gasteiger partial charge in [-0.3, -0.25) is 0 Å². The van der Waals surface area contributed by atoms with Gasteiger partial charge in [0, 0.05) is 41.7 Å².